The molecule has 1 aliphatic heterocycles. The van der Waals surface area contributed by atoms with Crippen LogP contribution in [0.15, 0.2) is 30.3 Å². The molecule has 0 aromatic heterocycles. The maximum Gasteiger partial charge on any atom is 0.279 e. The number of piperazine rings is 1. The van der Waals surface area contributed by atoms with Crippen molar-refractivity contribution in [2.45, 2.75) is 6.92 Å². The molecule has 2 amide bonds. The Morgan fingerprint density at radius 3 is 2.48 bits per heavy atom. The van der Waals surface area contributed by atoms with Crippen molar-refractivity contribution < 1.29 is 19.2 Å². The summed E-state index contributed by atoms with van der Waals surface area (Å²) in [4.78, 5) is 26.3. The number of fused-ring (bicyclic) bond motifs is 1. The van der Waals surface area contributed by atoms with E-state index in [0.29, 0.717) is 27.8 Å². The van der Waals surface area contributed by atoms with Gasteiger partial charge in [0.1, 0.15) is 5.75 Å². The van der Waals surface area contributed by atoms with E-state index in [0.717, 1.165) is 31.6 Å². The lowest BCUT2D eigenvalue weighted by molar-refractivity contribution is -0.905. The number of carbonyl (C=O) groups is 2. The van der Waals surface area contributed by atoms with Gasteiger partial charge < -0.3 is 20.2 Å². The zero-order valence-corrected chi connectivity index (χ0v) is 16.1. The molecule has 0 saturated carbocycles. The van der Waals surface area contributed by atoms with Crippen molar-refractivity contribution >= 4 is 34.0 Å². The van der Waals surface area contributed by atoms with Gasteiger partial charge >= 0.3 is 0 Å². The van der Waals surface area contributed by atoms with Crippen molar-refractivity contribution in [3.05, 3.63) is 30.3 Å². The van der Waals surface area contributed by atoms with E-state index in [9.17, 15) is 14.7 Å². The summed E-state index contributed by atoms with van der Waals surface area (Å²) < 4.78 is 0.682. The molecule has 144 valence electrons. The second-order valence-corrected chi connectivity index (χ2v) is 7.62. The van der Waals surface area contributed by atoms with Crippen LogP contribution in [-0.4, -0.2) is 73.1 Å². The summed E-state index contributed by atoms with van der Waals surface area (Å²) >= 11 is 0. The summed E-state index contributed by atoms with van der Waals surface area (Å²) in [6.07, 6.45) is 0. The van der Waals surface area contributed by atoms with E-state index in [-0.39, 0.29) is 17.6 Å². The third-order valence-corrected chi connectivity index (χ3v) is 5.17. The minimum atomic E-state index is -0.219. The first-order valence-corrected chi connectivity index (χ1v) is 9.12. The molecule has 0 bridgehead atoms. The van der Waals surface area contributed by atoms with E-state index in [1.807, 2.05) is 18.2 Å². The summed E-state index contributed by atoms with van der Waals surface area (Å²) in [5.41, 5.74) is 0.873. The Labute approximate surface area is 159 Å². The molecule has 0 spiro atoms. The van der Waals surface area contributed by atoms with E-state index in [2.05, 4.69) is 29.6 Å². The summed E-state index contributed by atoms with van der Waals surface area (Å²) in [5.74, 6) is -0.385. The average Bonchev–Trinajstić information content (AvgIpc) is 2.60. The number of carbonyl (C=O) groups excluding carboxylic acids is 2. The van der Waals surface area contributed by atoms with Gasteiger partial charge in [0.15, 0.2) is 6.54 Å². The SMILES string of the molecule is CC(=O)Nc1cccc2ccc(NC(=O)C[N+]3(C)CCN(C)CC3)c(O)c12. The molecular formula is C20H27N4O3+. The Morgan fingerprint density at radius 2 is 1.81 bits per heavy atom. The highest BCUT2D eigenvalue weighted by molar-refractivity contribution is 6.08. The number of likely N-dealkylation sites (N-methyl/N-ethyl adjacent to an activating group) is 2. The normalized spacial score (nSPS) is 16.9. The lowest BCUT2D eigenvalue weighted by Crippen LogP contribution is -2.58. The van der Waals surface area contributed by atoms with Gasteiger partial charge in [-0.2, -0.15) is 0 Å². The van der Waals surface area contributed by atoms with E-state index in [1.165, 1.54) is 6.92 Å². The molecule has 7 nitrogen and oxygen atoms in total. The van der Waals surface area contributed by atoms with Gasteiger partial charge in [0.25, 0.3) is 5.91 Å². The number of nitrogens with one attached hydrogen (secondary N) is 2. The molecular weight excluding hydrogens is 344 g/mol. The number of amides is 2. The van der Waals surface area contributed by atoms with Gasteiger partial charge in [-0.3, -0.25) is 14.5 Å². The van der Waals surface area contributed by atoms with Crippen LogP contribution >= 0.6 is 0 Å². The largest absolute Gasteiger partial charge is 0.505 e. The number of rotatable bonds is 4. The van der Waals surface area contributed by atoms with Crippen LogP contribution in [0.5, 0.6) is 5.75 Å². The predicted molar refractivity (Wildman–Crippen MR) is 107 cm³/mol. The molecule has 2 aromatic rings. The summed E-state index contributed by atoms with van der Waals surface area (Å²) in [6, 6.07) is 8.90. The number of phenols is 1. The van der Waals surface area contributed by atoms with Gasteiger partial charge in [-0.15, -0.1) is 0 Å². The maximum absolute atomic E-state index is 12.6. The van der Waals surface area contributed by atoms with Gasteiger partial charge in [-0.1, -0.05) is 18.2 Å². The average molecular weight is 371 g/mol. The van der Waals surface area contributed by atoms with Crippen molar-refractivity contribution in [2.75, 3.05) is 57.5 Å². The molecule has 27 heavy (non-hydrogen) atoms. The fraction of sp³-hybridized carbons (Fsp3) is 0.400. The highest BCUT2D eigenvalue weighted by Crippen LogP contribution is 2.37. The van der Waals surface area contributed by atoms with E-state index < -0.39 is 0 Å². The van der Waals surface area contributed by atoms with E-state index in [4.69, 9.17) is 0 Å². The van der Waals surface area contributed by atoms with Gasteiger partial charge in [0.05, 0.1) is 31.5 Å². The third-order valence-electron chi connectivity index (χ3n) is 5.17. The van der Waals surface area contributed by atoms with Crippen LogP contribution in [0.2, 0.25) is 0 Å². The minimum absolute atomic E-state index is 0.0359. The van der Waals surface area contributed by atoms with Gasteiger partial charge in [-0.05, 0) is 24.6 Å². The van der Waals surface area contributed by atoms with Gasteiger partial charge in [0.2, 0.25) is 5.91 Å². The van der Waals surface area contributed by atoms with Crippen molar-refractivity contribution in [1.82, 2.24) is 4.90 Å². The van der Waals surface area contributed by atoms with E-state index in [1.54, 1.807) is 12.1 Å². The number of hydrogen-bond donors (Lipinski definition) is 3. The quantitative estimate of drug-likeness (QED) is 0.566. The fourth-order valence-corrected chi connectivity index (χ4v) is 3.50. The highest BCUT2D eigenvalue weighted by atomic mass is 16.3. The van der Waals surface area contributed by atoms with Gasteiger partial charge in [0, 0.05) is 25.4 Å². The Hall–Kier alpha value is -2.64. The molecule has 7 heteroatoms. The predicted octanol–water partition coefficient (Wildman–Crippen LogP) is 1.83. The van der Waals surface area contributed by atoms with E-state index >= 15 is 0 Å². The second-order valence-electron chi connectivity index (χ2n) is 7.62. The first-order chi connectivity index (χ1) is 12.8. The zero-order chi connectivity index (χ0) is 19.6. The first-order valence-electron chi connectivity index (χ1n) is 9.12. The van der Waals surface area contributed by atoms with Crippen LogP contribution in [-0.2, 0) is 9.59 Å². The maximum atomic E-state index is 12.6. The van der Waals surface area contributed by atoms with Crippen molar-refractivity contribution in [2.24, 2.45) is 0 Å². The molecule has 1 saturated heterocycles. The summed E-state index contributed by atoms with van der Waals surface area (Å²) in [6.45, 7) is 5.54. The van der Waals surface area contributed by atoms with Crippen LogP contribution in [0, 0.1) is 0 Å². The van der Waals surface area contributed by atoms with Crippen molar-refractivity contribution in [3.63, 3.8) is 0 Å². The molecule has 2 aromatic carbocycles. The second kappa shape index (κ2) is 7.54. The highest BCUT2D eigenvalue weighted by Gasteiger charge is 2.30. The number of benzene rings is 2. The van der Waals surface area contributed by atoms with Crippen LogP contribution in [0.25, 0.3) is 10.8 Å². The molecule has 3 rings (SSSR count). The van der Waals surface area contributed by atoms with Gasteiger partial charge in [-0.25, -0.2) is 0 Å². The standard InChI is InChI=1S/C20H26N4O3/c1-14(25)21-16-6-4-5-15-7-8-17(20(27)19(15)16)22-18(26)13-24(3)11-9-23(2)10-12-24/h4-8H,9-13H2,1-3H3,(H2-,21,22,25,26,27)/p+1. The van der Waals surface area contributed by atoms with Crippen LogP contribution < -0.4 is 10.6 Å². The number of hydrogen-bond acceptors (Lipinski definition) is 4. The number of nitrogens with zero attached hydrogens (tertiary/aromatic N) is 2. The van der Waals surface area contributed by atoms with Crippen molar-refractivity contribution in [1.29, 1.82) is 0 Å². The zero-order valence-electron chi connectivity index (χ0n) is 16.1. The molecule has 1 fully saturated rings. The number of phenolic OH excluding ortho intramolecular Hbond substituents is 1. The monoisotopic (exact) mass is 371 g/mol. The topological polar surface area (TPSA) is 81.7 Å². The Bertz CT molecular complexity index is 873. The minimum Gasteiger partial charge on any atom is -0.505 e. The lowest BCUT2D eigenvalue weighted by Gasteiger charge is -2.40. The fourth-order valence-electron chi connectivity index (χ4n) is 3.50. The molecule has 0 radical (unpaired) electrons. The van der Waals surface area contributed by atoms with Crippen LogP contribution in [0.3, 0.4) is 0 Å². The molecule has 3 N–H and O–H groups in total. The Balaban J connectivity index is 1.81. The molecule has 1 aliphatic rings. The molecule has 0 aliphatic carbocycles. The lowest BCUT2D eigenvalue weighted by atomic mass is 10.1. The number of anilines is 2. The summed E-state index contributed by atoms with van der Waals surface area (Å²) in [7, 11) is 4.17. The molecule has 1 heterocycles. The number of quaternary nitrogens is 1. The first kappa shape index (κ1) is 19.1. The van der Waals surface area contributed by atoms with Crippen molar-refractivity contribution in [3.8, 4) is 5.75 Å². The number of aromatic hydroxyl groups is 1. The smallest absolute Gasteiger partial charge is 0.279 e. The Kier molecular flexibility index (Phi) is 5.34. The molecule has 0 unspecified atom stereocenters. The van der Waals surface area contributed by atoms with Crippen LogP contribution in [0.1, 0.15) is 6.92 Å². The Morgan fingerprint density at radius 1 is 1.11 bits per heavy atom. The third kappa shape index (κ3) is 4.37. The summed E-state index contributed by atoms with van der Waals surface area (Å²) in [5, 5.41) is 17.6. The van der Waals surface area contributed by atoms with Crippen LogP contribution in [0.4, 0.5) is 11.4 Å². The molecule has 0 atom stereocenters.